The smallest absolute Gasteiger partial charge is 0.275 e. The standard InChI is InChI=1S/C15H18N4O/c1-3-8-16-12-5-6-13(17-10-12)15(20)19-14-7-4-11(2)9-18-14/h4-7,9-10,16H,3,8H2,1-2H3,(H,18,19,20). The maximum Gasteiger partial charge on any atom is 0.275 e. The molecule has 0 aliphatic carbocycles. The molecule has 0 saturated heterocycles. The van der Waals surface area contributed by atoms with Gasteiger partial charge in [0.15, 0.2) is 0 Å². The monoisotopic (exact) mass is 270 g/mol. The summed E-state index contributed by atoms with van der Waals surface area (Å²) in [6, 6.07) is 7.21. The number of rotatable bonds is 5. The lowest BCUT2D eigenvalue weighted by Gasteiger charge is -2.06. The Morgan fingerprint density at radius 2 is 2.00 bits per heavy atom. The van der Waals surface area contributed by atoms with Crippen molar-refractivity contribution in [3.05, 3.63) is 47.9 Å². The van der Waals surface area contributed by atoms with Crippen LogP contribution in [0, 0.1) is 6.92 Å². The second-order valence-electron chi connectivity index (χ2n) is 4.53. The average molecular weight is 270 g/mol. The van der Waals surface area contributed by atoms with E-state index in [2.05, 4.69) is 27.5 Å². The SMILES string of the molecule is CCCNc1ccc(C(=O)Nc2ccc(C)cn2)nc1. The summed E-state index contributed by atoms with van der Waals surface area (Å²) in [5.41, 5.74) is 2.33. The normalized spacial score (nSPS) is 10.1. The quantitative estimate of drug-likeness (QED) is 0.876. The molecule has 0 fully saturated rings. The number of carbonyl (C=O) groups is 1. The van der Waals surface area contributed by atoms with Crippen molar-refractivity contribution < 1.29 is 4.79 Å². The van der Waals surface area contributed by atoms with E-state index in [1.807, 2.05) is 19.1 Å². The molecule has 0 radical (unpaired) electrons. The molecule has 2 N–H and O–H groups in total. The van der Waals surface area contributed by atoms with Crippen LogP contribution in [0.5, 0.6) is 0 Å². The van der Waals surface area contributed by atoms with Gasteiger partial charge in [0.2, 0.25) is 0 Å². The molecule has 0 aliphatic heterocycles. The highest BCUT2D eigenvalue weighted by molar-refractivity contribution is 6.02. The van der Waals surface area contributed by atoms with E-state index in [1.165, 1.54) is 0 Å². The third-order valence-corrected chi connectivity index (χ3v) is 2.73. The molecule has 0 aliphatic rings. The fourth-order valence-corrected chi connectivity index (χ4v) is 1.62. The topological polar surface area (TPSA) is 66.9 Å². The second kappa shape index (κ2) is 6.65. The summed E-state index contributed by atoms with van der Waals surface area (Å²) >= 11 is 0. The van der Waals surface area contributed by atoms with Gasteiger partial charge in [0.1, 0.15) is 11.5 Å². The van der Waals surface area contributed by atoms with Gasteiger partial charge in [-0.15, -0.1) is 0 Å². The Bertz CT molecular complexity index is 563. The van der Waals surface area contributed by atoms with Gasteiger partial charge in [-0.1, -0.05) is 13.0 Å². The number of anilines is 2. The van der Waals surface area contributed by atoms with E-state index in [4.69, 9.17) is 0 Å². The molecule has 2 heterocycles. The van der Waals surface area contributed by atoms with Crippen molar-refractivity contribution in [3.63, 3.8) is 0 Å². The number of hydrogen-bond donors (Lipinski definition) is 2. The lowest BCUT2D eigenvalue weighted by atomic mass is 10.3. The van der Waals surface area contributed by atoms with Crippen molar-refractivity contribution in [1.82, 2.24) is 9.97 Å². The highest BCUT2D eigenvalue weighted by atomic mass is 16.1. The maximum absolute atomic E-state index is 12.0. The van der Waals surface area contributed by atoms with Gasteiger partial charge in [0, 0.05) is 12.7 Å². The number of amides is 1. The van der Waals surface area contributed by atoms with E-state index in [0.29, 0.717) is 11.5 Å². The first-order chi connectivity index (χ1) is 9.69. The zero-order chi connectivity index (χ0) is 14.4. The highest BCUT2D eigenvalue weighted by Gasteiger charge is 2.08. The number of pyridine rings is 2. The van der Waals surface area contributed by atoms with E-state index in [1.54, 1.807) is 24.5 Å². The molecular weight excluding hydrogens is 252 g/mol. The van der Waals surface area contributed by atoms with E-state index in [9.17, 15) is 4.79 Å². The minimum Gasteiger partial charge on any atom is -0.384 e. The Morgan fingerprint density at radius 3 is 2.60 bits per heavy atom. The van der Waals surface area contributed by atoms with E-state index in [-0.39, 0.29) is 5.91 Å². The van der Waals surface area contributed by atoms with Crippen molar-refractivity contribution in [2.45, 2.75) is 20.3 Å². The zero-order valence-electron chi connectivity index (χ0n) is 11.7. The number of aryl methyl sites for hydroxylation is 1. The van der Waals surface area contributed by atoms with Crippen LogP contribution in [0.4, 0.5) is 11.5 Å². The summed E-state index contributed by atoms with van der Waals surface area (Å²) in [7, 11) is 0. The molecule has 104 valence electrons. The molecule has 0 spiro atoms. The van der Waals surface area contributed by atoms with Crippen LogP contribution >= 0.6 is 0 Å². The van der Waals surface area contributed by atoms with Crippen LogP contribution in [0.2, 0.25) is 0 Å². The van der Waals surface area contributed by atoms with Crippen molar-refractivity contribution >= 4 is 17.4 Å². The summed E-state index contributed by atoms with van der Waals surface area (Å²) < 4.78 is 0. The first kappa shape index (κ1) is 14.0. The van der Waals surface area contributed by atoms with Crippen LogP contribution in [-0.4, -0.2) is 22.4 Å². The summed E-state index contributed by atoms with van der Waals surface area (Å²) in [4.78, 5) is 20.3. The van der Waals surface area contributed by atoms with E-state index in [0.717, 1.165) is 24.2 Å². The number of aromatic nitrogens is 2. The van der Waals surface area contributed by atoms with E-state index < -0.39 is 0 Å². The van der Waals surface area contributed by atoms with Gasteiger partial charge in [-0.25, -0.2) is 9.97 Å². The number of carbonyl (C=O) groups excluding carboxylic acids is 1. The van der Waals surface area contributed by atoms with Crippen molar-refractivity contribution in [1.29, 1.82) is 0 Å². The third kappa shape index (κ3) is 3.78. The van der Waals surface area contributed by atoms with Crippen molar-refractivity contribution in [2.24, 2.45) is 0 Å². The minimum atomic E-state index is -0.261. The van der Waals surface area contributed by atoms with Gasteiger partial charge in [-0.3, -0.25) is 4.79 Å². The average Bonchev–Trinajstić information content (AvgIpc) is 2.48. The summed E-state index contributed by atoms with van der Waals surface area (Å²) in [5, 5.41) is 5.92. The molecule has 1 amide bonds. The summed E-state index contributed by atoms with van der Waals surface area (Å²) in [6.45, 7) is 4.93. The Labute approximate surface area is 118 Å². The lowest BCUT2D eigenvalue weighted by molar-refractivity contribution is 0.102. The van der Waals surface area contributed by atoms with Gasteiger partial charge in [-0.2, -0.15) is 0 Å². The van der Waals surface area contributed by atoms with Crippen LogP contribution in [0.15, 0.2) is 36.7 Å². The molecule has 20 heavy (non-hydrogen) atoms. The molecular formula is C15H18N4O. The van der Waals surface area contributed by atoms with Crippen LogP contribution in [0.25, 0.3) is 0 Å². The largest absolute Gasteiger partial charge is 0.384 e. The zero-order valence-corrected chi connectivity index (χ0v) is 11.7. The predicted octanol–water partition coefficient (Wildman–Crippen LogP) is 2.86. The molecule has 2 rings (SSSR count). The van der Waals surface area contributed by atoms with Gasteiger partial charge >= 0.3 is 0 Å². The van der Waals surface area contributed by atoms with Crippen molar-refractivity contribution in [3.8, 4) is 0 Å². The maximum atomic E-state index is 12.0. The molecule has 0 atom stereocenters. The van der Waals surface area contributed by atoms with Crippen LogP contribution in [0.3, 0.4) is 0 Å². The Morgan fingerprint density at radius 1 is 1.15 bits per heavy atom. The highest BCUT2D eigenvalue weighted by Crippen LogP contribution is 2.09. The molecule has 0 bridgehead atoms. The number of hydrogen-bond acceptors (Lipinski definition) is 4. The molecule has 0 saturated carbocycles. The molecule has 0 unspecified atom stereocenters. The minimum absolute atomic E-state index is 0.261. The molecule has 2 aromatic rings. The summed E-state index contributed by atoms with van der Waals surface area (Å²) in [6.07, 6.45) is 4.41. The molecule has 5 nitrogen and oxygen atoms in total. The Hall–Kier alpha value is -2.43. The number of nitrogens with one attached hydrogen (secondary N) is 2. The van der Waals surface area contributed by atoms with Gasteiger partial charge in [0.05, 0.1) is 11.9 Å². The van der Waals surface area contributed by atoms with Crippen molar-refractivity contribution in [2.75, 3.05) is 17.2 Å². The third-order valence-electron chi connectivity index (χ3n) is 2.73. The first-order valence-electron chi connectivity index (χ1n) is 6.63. The lowest BCUT2D eigenvalue weighted by Crippen LogP contribution is -2.14. The van der Waals surface area contributed by atoms with Crippen LogP contribution in [-0.2, 0) is 0 Å². The first-order valence-corrected chi connectivity index (χ1v) is 6.63. The van der Waals surface area contributed by atoms with E-state index >= 15 is 0 Å². The second-order valence-corrected chi connectivity index (χ2v) is 4.53. The Kier molecular flexibility index (Phi) is 4.65. The summed E-state index contributed by atoms with van der Waals surface area (Å²) in [5.74, 6) is 0.263. The molecule has 5 heteroatoms. The van der Waals surface area contributed by atoms with Gasteiger partial charge in [0.25, 0.3) is 5.91 Å². The molecule has 2 aromatic heterocycles. The Balaban J connectivity index is 2.00. The van der Waals surface area contributed by atoms with Crippen LogP contribution < -0.4 is 10.6 Å². The van der Waals surface area contributed by atoms with Gasteiger partial charge in [-0.05, 0) is 37.1 Å². The molecule has 0 aromatic carbocycles. The predicted molar refractivity (Wildman–Crippen MR) is 79.9 cm³/mol. The van der Waals surface area contributed by atoms with Gasteiger partial charge < -0.3 is 10.6 Å². The fourth-order valence-electron chi connectivity index (χ4n) is 1.62. The fraction of sp³-hybridized carbons (Fsp3) is 0.267. The number of nitrogens with zero attached hydrogens (tertiary/aromatic N) is 2. The van der Waals surface area contributed by atoms with Crippen LogP contribution in [0.1, 0.15) is 29.4 Å².